The molecule has 164 valence electrons. The summed E-state index contributed by atoms with van der Waals surface area (Å²) in [6.07, 6.45) is 1.84. The standard InChI is InChI=1S/C25H27N5O2/c1-32-23-14-17(15-26)5-7-22(23)30-11-9-29(10-12-30)16-18-4-6-19-21(13-18)28-25(31)20-3-2-8-27-24(19)20/h4-7,13-14,27H,2-3,8-12,16H2,1H3,(H,28,31). The molecule has 1 aromatic heterocycles. The van der Waals surface area contributed by atoms with Crippen LogP contribution in [0.15, 0.2) is 41.2 Å². The molecular weight excluding hydrogens is 402 g/mol. The number of nitrogens with zero attached hydrogens (tertiary/aromatic N) is 3. The number of rotatable bonds is 4. The summed E-state index contributed by atoms with van der Waals surface area (Å²) in [7, 11) is 1.65. The normalized spacial score (nSPS) is 16.3. The number of fused-ring (bicyclic) bond motifs is 3. The molecule has 0 aliphatic carbocycles. The molecule has 32 heavy (non-hydrogen) atoms. The Kier molecular flexibility index (Phi) is 5.46. The molecule has 1 fully saturated rings. The summed E-state index contributed by atoms with van der Waals surface area (Å²) in [5.74, 6) is 0.743. The predicted molar refractivity (Wildman–Crippen MR) is 127 cm³/mol. The molecule has 0 atom stereocenters. The first kappa shape index (κ1) is 20.4. The summed E-state index contributed by atoms with van der Waals surface area (Å²) in [6, 6.07) is 14.2. The zero-order valence-electron chi connectivity index (χ0n) is 18.3. The average molecular weight is 430 g/mol. The van der Waals surface area contributed by atoms with Gasteiger partial charge in [0.2, 0.25) is 0 Å². The second kappa shape index (κ2) is 8.56. The van der Waals surface area contributed by atoms with Gasteiger partial charge >= 0.3 is 0 Å². The van der Waals surface area contributed by atoms with Crippen LogP contribution in [0, 0.1) is 11.3 Å². The van der Waals surface area contributed by atoms with Gasteiger partial charge in [-0.1, -0.05) is 12.1 Å². The molecule has 3 heterocycles. The zero-order valence-corrected chi connectivity index (χ0v) is 18.3. The van der Waals surface area contributed by atoms with E-state index in [9.17, 15) is 4.79 Å². The Hall–Kier alpha value is -3.50. The van der Waals surface area contributed by atoms with Gasteiger partial charge in [0.15, 0.2) is 0 Å². The number of piperazine rings is 1. The zero-order chi connectivity index (χ0) is 22.1. The Balaban J connectivity index is 1.29. The fourth-order valence-corrected chi connectivity index (χ4v) is 4.82. The molecule has 0 bridgehead atoms. The smallest absolute Gasteiger partial charge is 0.253 e. The molecular formula is C25H27N5O2. The molecule has 0 radical (unpaired) electrons. The Morgan fingerprint density at radius 1 is 1.12 bits per heavy atom. The van der Waals surface area contributed by atoms with Crippen molar-refractivity contribution in [3.05, 3.63) is 63.4 Å². The van der Waals surface area contributed by atoms with Gasteiger partial charge in [0.05, 0.1) is 35.6 Å². The van der Waals surface area contributed by atoms with Crippen molar-refractivity contribution in [2.45, 2.75) is 19.4 Å². The van der Waals surface area contributed by atoms with E-state index >= 15 is 0 Å². The summed E-state index contributed by atoms with van der Waals surface area (Å²) in [5, 5.41) is 13.6. The van der Waals surface area contributed by atoms with Crippen LogP contribution in [0.2, 0.25) is 0 Å². The number of pyridine rings is 1. The number of benzene rings is 2. The van der Waals surface area contributed by atoms with Crippen molar-refractivity contribution in [3.8, 4) is 11.8 Å². The maximum atomic E-state index is 12.5. The molecule has 2 aliphatic heterocycles. The SMILES string of the molecule is COc1cc(C#N)ccc1N1CCN(Cc2ccc3c4c(c(=O)[nH]c3c2)CCCN4)CC1. The lowest BCUT2D eigenvalue weighted by atomic mass is 10.0. The molecule has 1 saturated heterocycles. The van der Waals surface area contributed by atoms with E-state index in [0.29, 0.717) is 5.56 Å². The number of nitriles is 1. The minimum absolute atomic E-state index is 0.0295. The highest BCUT2D eigenvalue weighted by Crippen LogP contribution is 2.31. The third-order valence-electron chi connectivity index (χ3n) is 6.51. The number of methoxy groups -OCH3 is 1. The van der Waals surface area contributed by atoms with Crippen LogP contribution < -0.4 is 20.5 Å². The Morgan fingerprint density at radius 3 is 2.75 bits per heavy atom. The van der Waals surface area contributed by atoms with Crippen molar-refractivity contribution in [1.29, 1.82) is 5.26 Å². The fourth-order valence-electron chi connectivity index (χ4n) is 4.82. The van der Waals surface area contributed by atoms with E-state index in [-0.39, 0.29) is 5.56 Å². The first-order chi connectivity index (χ1) is 15.7. The van der Waals surface area contributed by atoms with E-state index in [1.165, 1.54) is 5.56 Å². The molecule has 0 spiro atoms. The van der Waals surface area contributed by atoms with Gasteiger partial charge in [-0.05, 0) is 36.6 Å². The summed E-state index contributed by atoms with van der Waals surface area (Å²) in [4.78, 5) is 20.3. The minimum Gasteiger partial charge on any atom is -0.495 e. The second-order valence-corrected chi connectivity index (χ2v) is 8.48. The van der Waals surface area contributed by atoms with Crippen molar-refractivity contribution in [3.63, 3.8) is 0 Å². The van der Waals surface area contributed by atoms with E-state index in [2.05, 4.69) is 44.4 Å². The maximum Gasteiger partial charge on any atom is 0.253 e. The summed E-state index contributed by atoms with van der Waals surface area (Å²) in [5.41, 5.74) is 5.66. The number of hydrogen-bond acceptors (Lipinski definition) is 6. The van der Waals surface area contributed by atoms with Crippen molar-refractivity contribution in [2.24, 2.45) is 0 Å². The van der Waals surface area contributed by atoms with Crippen molar-refractivity contribution < 1.29 is 4.74 Å². The molecule has 2 N–H and O–H groups in total. The van der Waals surface area contributed by atoms with Gasteiger partial charge in [0.25, 0.3) is 5.56 Å². The highest BCUT2D eigenvalue weighted by molar-refractivity contribution is 5.93. The van der Waals surface area contributed by atoms with Crippen LogP contribution >= 0.6 is 0 Å². The van der Waals surface area contributed by atoms with Crippen LogP contribution in [0.25, 0.3) is 10.9 Å². The Bertz CT molecular complexity index is 1250. The molecule has 0 amide bonds. The van der Waals surface area contributed by atoms with E-state index in [1.807, 2.05) is 12.1 Å². The molecule has 3 aromatic rings. The van der Waals surface area contributed by atoms with Crippen LogP contribution in [0.4, 0.5) is 11.4 Å². The minimum atomic E-state index is 0.0295. The number of anilines is 2. The molecule has 0 saturated carbocycles. The van der Waals surface area contributed by atoms with E-state index in [1.54, 1.807) is 13.2 Å². The lowest BCUT2D eigenvalue weighted by Crippen LogP contribution is -2.46. The number of H-pyrrole nitrogens is 1. The number of nitrogens with one attached hydrogen (secondary N) is 2. The number of ether oxygens (including phenoxy) is 1. The summed E-state index contributed by atoms with van der Waals surface area (Å²) in [6.45, 7) is 5.42. The lowest BCUT2D eigenvalue weighted by molar-refractivity contribution is 0.249. The molecule has 2 aliphatic rings. The van der Waals surface area contributed by atoms with E-state index in [4.69, 9.17) is 10.00 Å². The van der Waals surface area contributed by atoms with Crippen LogP contribution in [0.5, 0.6) is 5.75 Å². The summed E-state index contributed by atoms with van der Waals surface area (Å²) >= 11 is 0. The van der Waals surface area contributed by atoms with Gasteiger partial charge in [0.1, 0.15) is 5.75 Å². The van der Waals surface area contributed by atoms with Gasteiger partial charge in [-0.2, -0.15) is 5.26 Å². The Morgan fingerprint density at radius 2 is 1.97 bits per heavy atom. The predicted octanol–water partition coefficient (Wildman–Crippen LogP) is 3.09. The van der Waals surface area contributed by atoms with Crippen LogP contribution in [0.1, 0.15) is 23.1 Å². The first-order valence-electron chi connectivity index (χ1n) is 11.1. The third kappa shape index (κ3) is 3.78. The number of aromatic amines is 1. The summed E-state index contributed by atoms with van der Waals surface area (Å²) < 4.78 is 5.51. The largest absolute Gasteiger partial charge is 0.495 e. The van der Waals surface area contributed by atoms with E-state index in [0.717, 1.165) is 85.7 Å². The van der Waals surface area contributed by atoms with E-state index < -0.39 is 0 Å². The Labute approximate surface area is 187 Å². The van der Waals surface area contributed by atoms with Gasteiger partial charge in [0, 0.05) is 56.3 Å². The highest BCUT2D eigenvalue weighted by atomic mass is 16.5. The quantitative estimate of drug-likeness (QED) is 0.663. The molecule has 5 rings (SSSR count). The first-order valence-corrected chi connectivity index (χ1v) is 11.1. The average Bonchev–Trinajstić information content (AvgIpc) is 2.84. The van der Waals surface area contributed by atoms with Crippen molar-refractivity contribution in [2.75, 3.05) is 50.1 Å². The fraction of sp³-hybridized carbons (Fsp3) is 0.360. The molecule has 0 unspecified atom stereocenters. The molecule has 2 aromatic carbocycles. The maximum absolute atomic E-state index is 12.5. The van der Waals surface area contributed by atoms with Crippen LogP contribution in [0.3, 0.4) is 0 Å². The van der Waals surface area contributed by atoms with Crippen molar-refractivity contribution >= 4 is 22.3 Å². The van der Waals surface area contributed by atoms with Gasteiger partial charge in [-0.25, -0.2) is 0 Å². The number of hydrogen-bond donors (Lipinski definition) is 2. The van der Waals surface area contributed by atoms with Crippen LogP contribution in [-0.2, 0) is 13.0 Å². The topological polar surface area (TPSA) is 84.4 Å². The molecule has 7 nitrogen and oxygen atoms in total. The second-order valence-electron chi connectivity index (χ2n) is 8.48. The lowest BCUT2D eigenvalue weighted by Gasteiger charge is -2.36. The number of aromatic nitrogens is 1. The van der Waals surface area contributed by atoms with Crippen molar-refractivity contribution in [1.82, 2.24) is 9.88 Å². The molecule has 7 heteroatoms. The monoisotopic (exact) mass is 429 g/mol. The third-order valence-corrected chi connectivity index (χ3v) is 6.51. The highest BCUT2D eigenvalue weighted by Gasteiger charge is 2.21. The van der Waals surface area contributed by atoms with Gasteiger partial charge < -0.3 is 19.9 Å². The van der Waals surface area contributed by atoms with Gasteiger partial charge in [-0.3, -0.25) is 9.69 Å². The van der Waals surface area contributed by atoms with Gasteiger partial charge in [-0.15, -0.1) is 0 Å². The van der Waals surface area contributed by atoms with Crippen LogP contribution in [-0.4, -0.2) is 49.7 Å².